The molecule has 0 aliphatic carbocycles. The summed E-state index contributed by atoms with van der Waals surface area (Å²) in [5.41, 5.74) is 4.40. The quantitative estimate of drug-likeness (QED) is 0.778. The summed E-state index contributed by atoms with van der Waals surface area (Å²) in [5.74, 6) is -1.87. The Morgan fingerprint density at radius 3 is 2.31 bits per heavy atom. The summed E-state index contributed by atoms with van der Waals surface area (Å²) < 4.78 is 0. The number of aliphatic imine (C=N–C) groups is 1. The molecule has 1 N–H and O–H groups in total. The molecule has 3 amide bonds. The number of carbonyl (C=O) groups is 3. The van der Waals surface area contributed by atoms with Crippen molar-refractivity contribution in [2.24, 2.45) is 10.9 Å². The number of hydrogen-bond donors (Lipinski definition) is 1. The fourth-order valence-corrected chi connectivity index (χ4v) is 3.79. The van der Waals surface area contributed by atoms with Crippen molar-refractivity contribution in [2.75, 3.05) is 16.0 Å². The average Bonchev–Trinajstić information content (AvgIpc) is 2.68. The van der Waals surface area contributed by atoms with Crippen LogP contribution >= 0.6 is 11.8 Å². The lowest BCUT2D eigenvalue weighted by molar-refractivity contribution is -0.131. The molecular formula is C22H23N3O3S. The number of hydrogen-bond acceptors (Lipinski definition) is 4. The number of benzene rings is 2. The Morgan fingerprint density at radius 1 is 1.07 bits per heavy atom. The predicted molar refractivity (Wildman–Crippen MR) is 117 cm³/mol. The van der Waals surface area contributed by atoms with Crippen molar-refractivity contribution in [1.82, 2.24) is 0 Å². The summed E-state index contributed by atoms with van der Waals surface area (Å²) in [5, 5.41) is 3.13. The molecule has 7 heteroatoms. The van der Waals surface area contributed by atoms with Gasteiger partial charge in [0.05, 0.1) is 11.4 Å². The summed E-state index contributed by atoms with van der Waals surface area (Å²) in [6, 6.07) is 13.2. The Kier molecular flexibility index (Phi) is 6.17. The molecule has 0 aromatic heterocycles. The van der Waals surface area contributed by atoms with E-state index in [1.54, 1.807) is 6.92 Å². The van der Waals surface area contributed by atoms with Crippen LogP contribution in [0.25, 0.3) is 0 Å². The first-order valence-electron chi connectivity index (χ1n) is 9.30. The number of para-hydroxylation sites is 1. The van der Waals surface area contributed by atoms with E-state index in [1.165, 1.54) is 4.90 Å². The van der Waals surface area contributed by atoms with E-state index in [2.05, 4.69) is 10.3 Å². The number of aryl methyl sites for hydroxylation is 3. The number of nitrogens with one attached hydrogen (secondary N) is 1. The van der Waals surface area contributed by atoms with Crippen LogP contribution in [0.2, 0.25) is 0 Å². The number of thioether (sulfide) groups is 1. The van der Waals surface area contributed by atoms with Gasteiger partial charge in [-0.05, 0) is 51.0 Å². The molecule has 150 valence electrons. The monoisotopic (exact) mass is 409 g/mol. The van der Waals surface area contributed by atoms with E-state index in [1.807, 2.05) is 63.2 Å². The number of amides is 3. The molecule has 0 saturated heterocycles. The van der Waals surface area contributed by atoms with Crippen LogP contribution in [0.3, 0.4) is 0 Å². The average molecular weight is 410 g/mol. The van der Waals surface area contributed by atoms with Crippen molar-refractivity contribution in [3.8, 4) is 0 Å². The molecule has 0 saturated carbocycles. The van der Waals surface area contributed by atoms with E-state index in [4.69, 9.17) is 0 Å². The van der Waals surface area contributed by atoms with Crippen LogP contribution in [0.4, 0.5) is 11.4 Å². The molecule has 0 bridgehead atoms. The van der Waals surface area contributed by atoms with Crippen molar-refractivity contribution < 1.29 is 14.4 Å². The maximum atomic E-state index is 12.8. The molecule has 1 atom stereocenters. The van der Waals surface area contributed by atoms with Crippen LogP contribution < -0.4 is 10.2 Å². The van der Waals surface area contributed by atoms with Crippen molar-refractivity contribution in [3.05, 3.63) is 59.2 Å². The molecule has 0 fully saturated rings. The molecule has 1 aliphatic heterocycles. The van der Waals surface area contributed by atoms with Gasteiger partial charge >= 0.3 is 0 Å². The number of amidine groups is 1. The molecule has 1 heterocycles. The standard InChI is InChI=1S/C22H23N3O3S/c1-13-8-10-17(11-9-13)25-21(28)16(4)20(27)24-22(25)29-12-18(26)23-19-14(2)6-5-7-15(19)3/h5-11,16H,12H2,1-4H3,(H,23,26). The maximum Gasteiger partial charge on any atom is 0.260 e. The van der Waals surface area contributed by atoms with Gasteiger partial charge < -0.3 is 5.32 Å². The van der Waals surface area contributed by atoms with E-state index in [9.17, 15) is 14.4 Å². The highest BCUT2D eigenvalue weighted by Gasteiger charge is 2.36. The van der Waals surface area contributed by atoms with Gasteiger partial charge in [0.15, 0.2) is 5.17 Å². The minimum atomic E-state index is -0.843. The van der Waals surface area contributed by atoms with Crippen LogP contribution in [0.1, 0.15) is 23.6 Å². The SMILES string of the molecule is Cc1ccc(N2C(=O)C(C)C(=O)N=C2SCC(=O)Nc2c(C)cccc2C)cc1. The zero-order chi connectivity index (χ0) is 21.1. The van der Waals surface area contributed by atoms with Crippen molar-refractivity contribution in [1.29, 1.82) is 0 Å². The third-order valence-electron chi connectivity index (χ3n) is 4.73. The molecule has 6 nitrogen and oxygen atoms in total. The summed E-state index contributed by atoms with van der Waals surface area (Å²) in [7, 11) is 0. The first-order valence-corrected chi connectivity index (χ1v) is 10.3. The molecule has 2 aromatic carbocycles. The zero-order valence-electron chi connectivity index (χ0n) is 16.9. The highest BCUT2D eigenvalue weighted by Crippen LogP contribution is 2.27. The highest BCUT2D eigenvalue weighted by molar-refractivity contribution is 8.14. The topological polar surface area (TPSA) is 78.8 Å². The molecule has 29 heavy (non-hydrogen) atoms. The van der Waals surface area contributed by atoms with Crippen molar-refractivity contribution in [2.45, 2.75) is 27.7 Å². The third-order valence-corrected chi connectivity index (χ3v) is 5.67. The molecule has 0 spiro atoms. The van der Waals surface area contributed by atoms with E-state index >= 15 is 0 Å². The van der Waals surface area contributed by atoms with Gasteiger partial charge in [-0.2, -0.15) is 4.99 Å². The second-order valence-electron chi connectivity index (χ2n) is 7.07. The van der Waals surface area contributed by atoms with Gasteiger partial charge in [0.2, 0.25) is 11.8 Å². The first kappa shape index (κ1) is 20.8. The minimum absolute atomic E-state index is 0.0317. The van der Waals surface area contributed by atoms with E-state index < -0.39 is 11.8 Å². The fourth-order valence-electron chi connectivity index (χ4n) is 2.98. The normalized spacial score (nSPS) is 16.6. The van der Waals surface area contributed by atoms with Crippen LogP contribution in [-0.4, -0.2) is 28.6 Å². The molecule has 3 rings (SSSR count). The van der Waals surface area contributed by atoms with Crippen molar-refractivity contribution >= 4 is 46.0 Å². The summed E-state index contributed by atoms with van der Waals surface area (Å²) >= 11 is 1.08. The molecule has 2 aromatic rings. The van der Waals surface area contributed by atoms with Gasteiger partial charge in [0.25, 0.3) is 5.91 Å². The van der Waals surface area contributed by atoms with Crippen LogP contribution in [0, 0.1) is 26.7 Å². The second-order valence-corrected chi connectivity index (χ2v) is 8.01. The Balaban J connectivity index is 1.78. The maximum absolute atomic E-state index is 12.8. The Morgan fingerprint density at radius 2 is 1.69 bits per heavy atom. The number of nitrogens with zero attached hydrogens (tertiary/aromatic N) is 2. The van der Waals surface area contributed by atoms with Gasteiger partial charge in [-0.1, -0.05) is 47.7 Å². The first-order chi connectivity index (χ1) is 13.8. The summed E-state index contributed by atoms with van der Waals surface area (Å²) in [4.78, 5) is 42.9. The van der Waals surface area contributed by atoms with Crippen LogP contribution in [0.5, 0.6) is 0 Å². The molecule has 1 aliphatic rings. The smallest absolute Gasteiger partial charge is 0.260 e. The van der Waals surface area contributed by atoms with Gasteiger partial charge in [-0.25, -0.2) is 0 Å². The van der Waals surface area contributed by atoms with E-state index in [0.29, 0.717) is 5.69 Å². The fraction of sp³-hybridized carbons (Fsp3) is 0.273. The van der Waals surface area contributed by atoms with Gasteiger partial charge in [0.1, 0.15) is 5.92 Å². The largest absolute Gasteiger partial charge is 0.325 e. The lowest BCUT2D eigenvalue weighted by atomic mass is 10.1. The second kappa shape index (κ2) is 8.61. The van der Waals surface area contributed by atoms with E-state index in [0.717, 1.165) is 34.1 Å². The number of carbonyl (C=O) groups excluding carboxylic acids is 3. The Labute approximate surface area is 174 Å². The van der Waals surface area contributed by atoms with E-state index in [-0.39, 0.29) is 22.7 Å². The van der Waals surface area contributed by atoms with Crippen molar-refractivity contribution in [3.63, 3.8) is 0 Å². The molecular weight excluding hydrogens is 386 g/mol. The Hall–Kier alpha value is -2.93. The van der Waals surface area contributed by atoms with Gasteiger partial charge in [0, 0.05) is 5.69 Å². The molecule has 0 radical (unpaired) electrons. The van der Waals surface area contributed by atoms with Gasteiger partial charge in [-0.3, -0.25) is 19.3 Å². The minimum Gasteiger partial charge on any atom is -0.325 e. The Bertz CT molecular complexity index is 979. The summed E-state index contributed by atoms with van der Waals surface area (Å²) in [6.45, 7) is 7.36. The van der Waals surface area contributed by atoms with Crippen LogP contribution in [0.15, 0.2) is 47.5 Å². The third kappa shape index (κ3) is 4.56. The highest BCUT2D eigenvalue weighted by atomic mass is 32.2. The van der Waals surface area contributed by atoms with Crippen LogP contribution in [-0.2, 0) is 14.4 Å². The summed E-state index contributed by atoms with van der Waals surface area (Å²) in [6.07, 6.45) is 0. The predicted octanol–water partition coefficient (Wildman–Crippen LogP) is 3.85. The number of rotatable bonds is 4. The zero-order valence-corrected chi connectivity index (χ0v) is 17.7. The molecule has 1 unspecified atom stereocenters. The number of anilines is 2. The lowest BCUT2D eigenvalue weighted by Gasteiger charge is -2.29. The lowest BCUT2D eigenvalue weighted by Crippen LogP contribution is -2.46. The van der Waals surface area contributed by atoms with Gasteiger partial charge in [-0.15, -0.1) is 0 Å².